The Morgan fingerprint density at radius 2 is 2.10 bits per heavy atom. The van der Waals surface area contributed by atoms with Crippen LogP contribution in [0.4, 0.5) is 0 Å². The van der Waals surface area contributed by atoms with Gasteiger partial charge in [0, 0.05) is 33.1 Å². The van der Waals surface area contributed by atoms with Crippen molar-refractivity contribution in [3.05, 3.63) is 0 Å². The van der Waals surface area contributed by atoms with E-state index in [0.29, 0.717) is 12.5 Å². The molecule has 0 aromatic rings. The van der Waals surface area contributed by atoms with Crippen molar-refractivity contribution in [3.63, 3.8) is 0 Å². The van der Waals surface area contributed by atoms with E-state index in [1.54, 1.807) is 0 Å². The van der Waals surface area contributed by atoms with Gasteiger partial charge in [0.15, 0.2) is 0 Å². The lowest BCUT2D eigenvalue weighted by molar-refractivity contribution is -0.135. The van der Waals surface area contributed by atoms with E-state index >= 15 is 0 Å². The van der Waals surface area contributed by atoms with Crippen LogP contribution in [-0.2, 0) is 14.3 Å². The summed E-state index contributed by atoms with van der Waals surface area (Å²) in [4.78, 5) is 27.2. The monoisotopic (exact) mass is 283 g/mol. The lowest BCUT2D eigenvalue weighted by Gasteiger charge is -2.34. The smallest absolute Gasteiger partial charge is 0.242 e. The first kappa shape index (κ1) is 15.3. The summed E-state index contributed by atoms with van der Waals surface area (Å²) in [6.45, 7) is 5.45. The zero-order valence-corrected chi connectivity index (χ0v) is 12.4. The third-order valence-electron chi connectivity index (χ3n) is 3.78. The van der Waals surface area contributed by atoms with Gasteiger partial charge in [-0.3, -0.25) is 9.59 Å². The number of carbonyl (C=O) groups is 2. The molecular weight excluding hydrogens is 258 g/mol. The lowest BCUT2D eigenvalue weighted by Crippen LogP contribution is -2.49. The number of morpholine rings is 1. The molecule has 6 heteroatoms. The van der Waals surface area contributed by atoms with Gasteiger partial charge in [-0.1, -0.05) is 0 Å². The number of amides is 2. The zero-order valence-electron chi connectivity index (χ0n) is 12.4. The number of ether oxygens (including phenoxy) is 1. The third-order valence-corrected chi connectivity index (χ3v) is 3.78. The van der Waals surface area contributed by atoms with Gasteiger partial charge in [-0.05, 0) is 25.8 Å². The van der Waals surface area contributed by atoms with Gasteiger partial charge < -0.3 is 19.9 Å². The van der Waals surface area contributed by atoms with E-state index in [9.17, 15) is 9.59 Å². The van der Waals surface area contributed by atoms with Crippen LogP contribution >= 0.6 is 0 Å². The molecule has 1 heterocycles. The van der Waals surface area contributed by atoms with Crippen LogP contribution in [-0.4, -0.2) is 74.1 Å². The predicted octanol–water partition coefficient (Wildman–Crippen LogP) is -0.308. The molecule has 0 unspecified atom stereocenters. The van der Waals surface area contributed by atoms with E-state index in [0.717, 1.165) is 26.2 Å². The van der Waals surface area contributed by atoms with Crippen LogP contribution in [0.25, 0.3) is 0 Å². The maximum Gasteiger partial charge on any atom is 0.242 e. The van der Waals surface area contributed by atoms with Gasteiger partial charge in [-0.25, -0.2) is 0 Å². The van der Waals surface area contributed by atoms with Crippen LogP contribution in [0, 0.1) is 5.92 Å². The Morgan fingerprint density at radius 1 is 1.35 bits per heavy atom. The van der Waals surface area contributed by atoms with E-state index in [1.165, 1.54) is 19.8 Å². The van der Waals surface area contributed by atoms with Crippen LogP contribution < -0.4 is 5.32 Å². The molecule has 0 aromatic heterocycles. The van der Waals surface area contributed by atoms with Gasteiger partial charge >= 0.3 is 0 Å². The largest absolute Gasteiger partial charge is 0.374 e. The Bertz CT molecular complexity index is 358. The Morgan fingerprint density at radius 3 is 2.70 bits per heavy atom. The highest BCUT2D eigenvalue weighted by Gasteiger charge is 2.29. The summed E-state index contributed by atoms with van der Waals surface area (Å²) in [5.74, 6) is 0.458. The van der Waals surface area contributed by atoms with E-state index in [1.807, 2.05) is 4.90 Å². The van der Waals surface area contributed by atoms with Gasteiger partial charge in [0.05, 0.1) is 19.3 Å². The van der Waals surface area contributed by atoms with Crippen LogP contribution in [0.15, 0.2) is 0 Å². The number of nitrogens with one attached hydrogen (secondary N) is 1. The summed E-state index contributed by atoms with van der Waals surface area (Å²) in [6.07, 6.45) is 2.48. The van der Waals surface area contributed by atoms with E-state index < -0.39 is 0 Å². The maximum atomic E-state index is 12.2. The molecule has 0 bridgehead atoms. The van der Waals surface area contributed by atoms with Crippen LogP contribution in [0.1, 0.15) is 19.8 Å². The van der Waals surface area contributed by atoms with Crippen molar-refractivity contribution in [2.45, 2.75) is 25.9 Å². The molecule has 1 saturated carbocycles. The first-order chi connectivity index (χ1) is 9.54. The summed E-state index contributed by atoms with van der Waals surface area (Å²) < 4.78 is 5.73. The highest BCUT2D eigenvalue weighted by Crippen LogP contribution is 2.29. The Labute approximate surface area is 120 Å². The second kappa shape index (κ2) is 7.04. The van der Waals surface area contributed by atoms with Crippen molar-refractivity contribution in [1.82, 2.24) is 15.1 Å². The Hall–Kier alpha value is -1.14. The minimum absolute atomic E-state index is 0.0103. The summed E-state index contributed by atoms with van der Waals surface area (Å²) in [6, 6.07) is 0. The Balaban J connectivity index is 1.85. The summed E-state index contributed by atoms with van der Waals surface area (Å²) in [5, 5.41) is 2.58. The molecule has 1 N–H and O–H groups in total. The van der Waals surface area contributed by atoms with Gasteiger partial charge in [0.1, 0.15) is 0 Å². The van der Waals surface area contributed by atoms with Crippen LogP contribution in [0.3, 0.4) is 0 Å². The van der Waals surface area contributed by atoms with Crippen molar-refractivity contribution in [3.8, 4) is 0 Å². The van der Waals surface area contributed by atoms with Gasteiger partial charge in [-0.15, -0.1) is 0 Å². The zero-order chi connectivity index (χ0) is 14.5. The molecule has 2 aliphatic rings. The number of likely N-dealkylation sites (N-methyl/N-ethyl adjacent to an activating group) is 1. The second-order valence-corrected chi connectivity index (χ2v) is 5.91. The Kier molecular flexibility index (Phi) is 5.37. The van der Waals surface area contributed by atoms with E-state index in [-0.39, 0.29) is 24.5 Å². The fourth-order valence-corrected chi connectivity index (χ4v) is 2.43. The molecule has 2 amide bonds. The van der Waals surface area contributed by atoms with Gasteiger partial charge in [0.2, 0.25) is 11.8 Å². The molecule has 0 spiro atoms. The van der Waals surface area contributed by atoms with Gasteiger partial charge in [0.25, 0.3) is 0 Å². The highest BCUT2D eigenvalue weighted by atomic mass is 16.5. The molecule has 1 aliphatic heterocycles. The number of nitrogens with zero attached hydrogens (tertiary/aromatic N) is 2. The van der Waals surface area contributed by atoms with E-state index in [4.69, 9.17) is 4.74 Å². The third kappa shape index (κ3) is 5.09. The molecule has 6 nitrogen and oxygen atoms in total. The molecule has 1 aliphatic carbocycles. The number of hydrogen-bond acceptors (Lipinski definition) is 4. The van der Waals surface area contributed by atoms with Crippen molar-refractivity contribution >= 4 is 11.8 Å². The van der Waals surface area contributed by atoms with Crippen molar-refractivity contribution in [2.75, 3.05) is 46.4 Å². The van der Waals surface area contributed by atoms with Crippen LogP contribution in [0.5, 0.6) is 0 Å². The molecule has 20 heavy (non-hydrogen) atoms. The molecule has 2 rings (SSSR count). The van der Waals surface area contributed by atoms with Crippen LogP contribution in [0.2, 0.25) is 0 Å². The maximum absolute atomic E-state index is 12.2. The fraction of sp³-hybridized carbons (Fsp3) is 0.857. The first-order valence-corrected chi connectivity index (χ1v) is 7.37. The molecule has 2 fully saturated rings. The SMILES string of the molecule is CC(=O)NCC(=O)N(CC1CC1)C[C@H]1CN(C)CCO1. The molecular formula is C14H25N3O3. The predicted molar refractivity (Wildman–Crippen MR) is 75.2 cm³/mol. The summed E-state index contributed by atoms with van der Waals surface area (Å²) >= 11 is 0. The molecule has 1 atom stereocenters. The van der Waals surface area contributed by atoms with Crippen molar-refractivity contribution in [2.24, 2.45) is 5.92 Å². The van der Waals surface area contributed by atoms with E-state index in [2.05, 4.69) is 17.3 Å². The molecule has 0 radical (unpaired) electrons. The molecule has 1 saturated heterocycles. The number of carbonyl (C=O) groups excluding carboxylic acids is 2. The second-order valence-electron chi connectivity index (χ2n) is 5.91. The topological polar surface area (TPSA) is 61.9 Å². The van der Waals surface area contributed by atoms with Crippen molar-refractivity contribution < 1.29 is 14.3 Å². The summed E-state index contributed by atoms with van der Waals surface area (Å²) in [5.41, 5.74) is 0. The molecule has 0 aromatic carbocycles. The first-order valence-electron chi connectivity index (χ1n) is 7.37. The average molecular weight is 283 g/mol. The summed E-state index contributed by atoms with van der Waals surface area (Å²) in [7, 11) is 2.07. The minimum Gasteiger partial charge on any atom is -0.374 e. The quantitative estimate of drug-likeness (QED) is 0.726. The van der Waals surface area contributed by atoms with Gasteiger partial charge in [-0.2, -0.15) is 0 Å². The van der Waals surface area contributed by atoms with Crippen molar-refractivity contribution in [1.29, 1.82) is 0 Å². The lowest BCUT2D eigenvalue weighted by atomic mass is 10.2. The number of hydrogen-bond donors (Lipinski definition) is 1. The minimum atomic E-state index is -0.168. The average Bonchev–Trinajstić information content (AvgIpc) is 3.19. The normalized spacial score (nSPS) is 23.4. The standard InChI is InChI=1S/C14H25N3O3/c1-11(18)15-7-14(19)17(8-12-3-4-12)10-13-9-16(2)5-6-20-13/h12-13H,3-10H2,1-2H3,(H,15,18)/t13-/m1/s1. The highest BCUT2D eigenvalue weighted by molar-refractivity contribution is 5.83. The fourth-order valence-electron chi connectivity index (χ4n) is 2.43. The number of rotatable bonds is 6. The molecule has 114 valence electrons.